The molecule has 1 N–H and O–H groups in total. The van der Waals surface area contributed by atoms with Crippen LogP contribution in [-0.4, -0.2) is 55.1 Å². The summed E-state index contributed by atoms with van der Waals surface area (Å²) in [6.07, 6.45) is 7.52. The molecule has 0 aromatic carbocycles. The molecule has 2 fully saturated rings. The molecule has 0 bridgehead atoms. The van der Waals surface area contributed by atoms with Crippen molar-refractivity contribution in [1.82, 2.24) is 15.2 Å². The number of nitrogens with one attached hydrogen (secondary N) is 1. The summed E-state index contributed by atoms with van der Waals surface area (Å²) in [5, 5.41) is 3.31. The molecule has 0 atom stereocenters. The predicted molar refractivity (Wildman–Crippen MR) is 88.3 cm³/mol. The van der Waals surface area contributed by atoms with Gasteiger partial charge in [-0.1, -0.05) is 0 Å². The number of carbonyl (C=O) groups is 1. The van der Waals surface area contributed by atoms with Gasteiger partial charge < -0.3 is 15.1 Å². The first-order valence-corrected chi connectivity index (χ1v) is 8.46. The summed E-state index contributed by atoms with van der Waals surface area (Å²) in [5.74, 6) is 1.02. The van der Waals surface area contributed by atoms with Gasteiger partial charge in [-0.25, -0.2) is 4.98 Å². The Morgan fingerprint density at radius 2 is 1.91 bits per heavy atom. The quantitative estimate of drug-likeness (QED) is 0.926. The van der Waals surface area contributed by atoms with Gasteiger partial charge in [0.15, 0.2) is 0 Å². The molecular formula is C17H26N4O. The van der Waals surface area contributed by atoms with Gasteiger partial charge in [0.1, 0.15) is 5.82 Å². The van der Waals surface area contributed by atoms with Crippen LogP contribution in [0.25, 0.3) is 0 Å². The fourth-order valence-corrected chi connectivity index (χ4v) is 3.46. The zero-order valence-corrected chi connectivity index (χ0v) is 13.4. The van der Waals surface area contributed by atoms with E-state index < -0.39 is 0 Å². The van der Waals surface area contributed by atoms with Crippen molar-refractivity contribution in [2.75, 3.05) is 38.1 Å². The van der Waals surface area contributed by atoms with Crippen LogP contribution in [0.15, 0.2) is 18.3 Å². The Kier molecular flexibility index (Phi) is 4.93. The minimum atomic E-state index is 0.142. The van der Waals surface area contributed by atoms with Gasteiger partial charge in [0.05, 0.1) is 5.56 Å². The summed E-state index contributed by atoms with van der Waals surface area (Å²) in [4.78, 5) is 21.7. The highest BCUT2D eigenvalue weighted by Gasteiger charge is 2.26. The normalized spacial score (nSPS) is 20.2. The number of piperidine rings is 2. The van der Waals surface area contributed by atoms with Crippen LogP contribution < -0.4 is 10.2 Å². The molecule has 120 valence electrons. The average molecular weight is 302 g/mol. The summed E-state index contributed by atoms with van der Waals surface area (Å²) in [5.41, 5.74) is 0.771. The lowest BCUT2D eigenvalue weighted by molar-refractivity contribution is 0.0707. The maximum Gasteiger partial charge on any atom is 0.257 e. The first kappa shape index (κ1) is 15.3. The number of aromatic nitrogens is 1. The second kappa shape index (κ2) is 7.09. The first-order chi connectivity index (χ1) is 10.8. The van der Waals surface area contributed by atoms with Crippen LogP contribution >= 0.6 is 0 Å². The topological polar surface area (TPSA) is 48.5 Å². The molecule has 1 amide bonds. The third-order valence-corrected chi connectivity index (χ3v) is 4.86. The van der Waals surface area contributed by atoms with Crippen molar-refractivity contribution in [2.24, 2.45) is 0 Å². The van der Waals surface area contributed by atoms with Gasteiger partial charge in [-0.05, 0) is 51.3 Å². The molecule has 0 unspecified atom stereocenters. The number of carbonyl (C=O) groups excluding carboxylic acids is 1. The molecular weight excluding hydrogens is 276 g/mol. The lowest BCUT2D eigenvalue weighted by Crippen LogP contribution is -2.44. The highest BCUT2D eigenvalue weighted by atomic mass is 16.2. The Hall–Kier alpha value is -1.62. The van der Waals surface area contributed by atoms with Gasteiger partial charge in [-0.15, -0.1) is 0 Å². The van der Waals surface area contributed by atoms with E-state index in [0.29, 0.717) is 6.04 Å². The van der Waals surface area contributed by atoms with Crippen molar-refractivity contribution in [2.45, 2.75) is 38.1 Å². The summed E-state index contributed by atoms with van der Waals surface area (Å²) in [7, 11) is 2.00. The Morgan fingerprint density at radius 3 is 2.59 bits per heavy atom. The molecule has 22 heavy (non-hydrogen) atoms. The molecule has 0 spiro atoms. The van der Waals surface area contributed by atoms with Gasteiger partial charge in [0.2, 0.25) is 0 Å². The van der Waals surface area contributed by atoms with Gasteiger partial charge in [-0.3, -0.25) is 4.79 Å². The van der Waals surface area contributed by atoms with E-state index in [-0.39, 0.29) is 5.91 Å². The fraction of sp³-hybridized carbons (Fsp3) is 0.647. The lowest BCUT2D eigenvalue weighted by atomic mass is 10.0. The summed E-state index contributed by atoms with van der Waals surface area (Å²) >= 11 is 0. The molecule has 5 nitrogen and oxygen atoms in total. The first-order valence-electron chi connectivity index (χ1n) is 8.46. The second-order valence-corrected chi connectivity index (χ2v) is 6.28. The minimum Gasteiger partial charge on any atom is -0.356 e. The summed E-state index contributed by atoms with van der Waals surface area (Å²) < 4.78 is 0. The maximum absolute atomic E-state index is 12.9. The van der Waals surface area contributed by atoms with E-state index in [1.165, 1.54) is 19.3 Å². The number of amides is 1. The third-order valence-electron chi connectivity index (χ3n) is 4.86. The summed E-state index contributed by atoms with van der Waals surface area (Å²) in [6, 6.07) is 4.35. The smallest absolute Gasteiger partial charge is 0.257 e. The van der Waals surface area contributed by atoms with Crippen LogP contribution in [0, 0.1) is 0 Å². The predicted octanol–water partition coefficient (Wildman–Crippen LogP) is 1.90. The van der Waals surface area contributed by atoms with Crippen LogP contribution in [0.3, 0.4) is 0 Å². The van der Waals surface area contributed by atoms with Gasteiger partial charge in [0.25, 0.3) is 5.91 Å². The molecule has 3 rings (SSSR count). The molecule has 2 saturated heterocycles. The van der Waals surface area contributed by atoms with E-state index in [2.05, 4.69) is 15.2 Å². The zero-order valence-electron chi connectivity index (χ0n) is 13.4. The Labute approximate surface area is 132 Å². The molecule has 0 aliphatic carbocycles. The van der Waals surface area contributed by atoms with E-state index in [1.54, 1.807) is 6.20 Å². The van der Waals surface area contributed by atoms with Crippen molar-refractivity contribution in [3.63, 3.8) is 0 Å². The van der Waals surface area contributed by atoms with E-state index >= 15 is 0 Å². The molecule has 1 aromatic heterocycles. The third kappa shape index (κ3) is 3.24. The molecule has 2 aliphatic heterocycles. The van der Waals surface area contributed by atoms with Crippen molar-refractivity contribution < 1.29 is 4.79 Å². The lowest BCUT2D eigenvalue weighted by Gasteiger charge is -2.34. The van der Waals surface area contributed by atoms with E-state index in [0.717, 1.165) is 50.4 Å². The second-order valence-electron chi connectivity index (χ2n) is 6.28. The fourth-order valence-electron chi connectivity index (χ4n) is 3.46. The number of anilines is 1. The average Bonchev–Trinajstić information content (AvgIpc) is 2.62. The Morgan fingerprint density at radius 1 is 1.18 bits per heavy atom. The molecule has 0 saturated carbocycles. The molecule has 0 radical (unpaired) electrons. The Balaban J connectivity index is 1.75. The van der Waals surface area contributed by atoms with Gasteiger partial charge in [-0.2, -0.15) is 0 Å². The van der Waals surface area contributed by atoms with Crippen LogP contribution in [0.4, 0.5) is 5.82 Å². The number of pyridine rings is 1. The standard InChI is InChI=1S/C17H26N4O/c1-18-14-7-12-21(13-8-14)17(22)15-6-5-9-19-16(15)20-10-3-2-4-11-20/h5-6,9,14,18H,2-4,7-8,10-13H2,1H3. The van der Waals surface area contributed by atoms with Crippen LogP contribution in [-0.2, 0) is 0 Å². The number of likely N-dealkylation sites (tertiary alicyclic amines) is 1. The summed E-state index contributed by atoms with van der Waals surface area (Å²) in [6.45, 7) is 3.69. The van der Waals surface area contributed by atoms with Crippen molar-refractivity contribution in [1.29, 1.82) is 0 Å². The van der Waals surface area contributed by atoms with Gasteiger partial charge in [0, 0.05) is 38.4 Å². The largest absolute Gasteiger partial charge is 0.356 e. The van der Waals surface area contributed by atoms with Gasteiger partial charge >= 0.3 is 0 Å². The Bertz CT molecular complexity index is 505. The highest BCUT2D eigenvalue weighted by molar-refractivity contribution is 5.99. The maximum atomic E-state index is 12.9. The number of hydrogen-bond acceptors (Lipinski definition) is 4. The van der Waals surface area contributed by atoms with Crippen LogP contribution in [0.1, 0.15) is 42.5 Å². The van der Waals surface area contributed by atoms with Crippen molar-refractivity contribution in [3.8, 4) is 0 Å². The molecule has 5 heteroatoms. The van der Waals surface area contributed by atoms with Crippen LogP contribution in [0.5, 0.6) is 0 Å². The zero-order chi connectivity index (χ0) is 15.4. The minimum absolute atomic E-state index is 0.142. The van der Waals surface area contributed by atoms with E-state index in [9.17, 15) is 4.79 Å². The SMILES string of the molecule is CNC1CCN(C(=O)c2cccnc2N2CCCCC2)CC1. The monoisotopic (exact) mass is 302 g/mol. The number of nitrogens with zero attached hydrogens (tertiary/aromatic N) is 3. The van der Waals surface area contributed by atoms with E-state index in [4.69, 9.17) is 0 Å². The number of hydrogen-bond donors (Lipinski definition) is 1. The molecule has 1 aromatic rings. The molecule has 2 aliphatic rings. The highest BCUT2D eigenvalue weighted by Crippen LogP contribution is 2.24. The molecule has 3 heterocycles. The van der Waals surface area contributed by atoms with E-state index in [1.807, 2.05) is 24.1 Å². The van der Waals surface area contributed by atoms with Crippen LogP contribution in [0.2, 0.25) is 0 Å². The van der Waals surface area contributed by atoms with Crippen molar-refractivity contribution in [3.05, 3.63) is 23.9 Å². The van der Waals surface area contributed by atoms with Crippen molar-refractivity contribution >= 4 is 11.7 Å². The number of rotatable bonds is 3.